The van der Waals surface area contributed by atoms with Crippen molar-refractivity contribution in [2.45, 2.75) is 31.4 Å². The standard InChI is InChI=1S/C25H21ClF4N2O3/c1-32-14-16(7-9-24(32)34)22(31-35)13-19(17-4-2-3-5-20(17)26)15-6-8-18(21(27)12-15)23(33)10-11-25(28,29)30/h2-9,12,14,19,35H,10-11,13H2,1H3/b31-22+. The van der Waals surface area contributed by atoms with Crippen LogP contribution in [0.15, 0.2) is 70.7 Å². The van der Waals surface area contributed by atoms with Gasteiger partial charge in [-0.1, -0.05) is 41.0 Å². The number of hydrogen-bond donors (Lipinski definition) is 1. The Balaban J connectivity index is 2.00. The van der Waals surface area contributed by atoms with Gasteiger partial charge in [0.15, 0.2) is 5.78 Å². The normalized spacial score (nSPS) is 13.0. The van der Waals surface area contributed by atoms with Crippen molar-refractivity contribution in [3.63, 3.8) is 0 Å². The van der Waals surface area contributed by atoms with E-state index in [1.165, 1.54) is 36.0 Å². The zero-order valence-electron chi connectivity index (χ0n) is 18.5. The number of benzene rings is 2. The monoisotopic (exact) mass is 508 g/mol. The smallest absolute Gasteiger partial charge is 0.389 e. The van der Waals surface area contributed by atoms with Crippen molar-refractivity contribution in [1.29, 1.82) is 0 Å². The summed E-state index contributed by atoms with van der Waals surface area (Å²) in [5.74, 6) is -2.56. The second-order valence-electron chi connectivity index (χ2n) is 7.97. The van der Waals surface area contributed by atoms with Crippen molar-refractivity contribution in [2.75, 3.05) is 0 Å². The summed E-state index contributed by atoms with van der Waals surface area (Å²) < 4.78 is 53.6. The van der Waals surface area contributed by atoms with Crippen LogP contribution in [0.5, 0.6) is 0 Å². The topological polar surface area (TPSA) is 71.7 Å². The molecule has 2 aromatic carbocycles. The molecule has 3 rings (SSSR count). The largest absolute Gasteiger partial charge is 0.411 e. The van der Waals surface area contributed by atoms with E-state index in [1.54, 1.807) is 24.3 Å². The van der Waals surface area contributed by atoms with Crippen molar-refractivity contribution in [1.82, 2.24) is 4.57 Å². The van der Waals surface area contributed by atoms with Gasteiger partial charge in [0, 0.05) is 48.7 Å². The molecule has 35 heavy (non-hydrogen) atoms. The van der Waals surface area contributed by atoms with Crippen molar-refractivity contribution in [3.05, 3.63) is 104 Å². The molecule has 0 saturated heterocycles. The third kappa shape index (κ3) is 6.57. The maximum atomic E-state index is 14.9. The van der Waals surface area contributed by atoms with E-state index in [9.17, 15) is 32.4 Å². The highest BCUT2D eigenvalue weighted by molar-refractivity contribution is 6.31. The zero-order chi connectivity index (χ0) is 25.8. The molecule has 184 valence electrons. The minimum absolute atomic E-state index is 0.0409. The molecule has 0 aliphatic heterocycles. The van der Waals surface area contributed by atoms with Crippen LogP contribution in [0.1, 0.15) is 52.2 Å². The van der Waals surface area contributed by atoms with Crippen LogP contribution in [0.2, 0.25) is 5.02 Å². The van der Waals surface area contributed by atoms with E-state index < -0.39 is 42.1 Å². The number of oxime groups is 1. The summed E-state index contributed by atoms with van der Waals surface area (Å²) in [6.07, 6.45) is -5.20. The number of carbonyl (C=O) groups excluding carboxylic acids is 1. The lowest BCUT2D eigenvalue weighted by molar-refractivity contribution is -0.133. The molecule has 5 nitrogen and oxygen atoms in total. The highest BCUT2D eigenvalue weighted by Crippen LogP contribution is 2.35. The molecular formula is C25H21ClF4N2O3. The van der Waals surface area contributed by atoms with Gasteiger partial charge in [0.2, 0.25) is 5.56 Å². The number of rotatable bonds is 8. The molecule has 10 heteroatoms. The minimum atomic E-state index is -4.53. The van der Waals surface area contributed by atoms with Gasteiger partial charge in [-0.2, -0.15) is 13.2 Å². The average Bonchev–Trinajstić information content (AvgIpc) is 2.80. The van der Waals surface area contributed by atoms with Crippen LogP contribution in [0.4, 0.5) is 17.6 Å². The number of hydrogen-bond acceptors (Lipinski definition) is 4. The predicted octanol–water partition coefficient (Wildman–Crippen LogP) is 6.10. The summed E-state index contributed by atoms with van der Waals surface area (Å²) in [5, 5.41) is 13.4. The van der Waals surface area contributed by atoms with Gasteiger partial charge in [-0.25, -0.2) is 4.39 Å². The first-order valence-corrected chi connectivity index (χ1v) is 10.9. The van der Waals surface area contributed by atoms with E-state index in [-0.39, 0.29) is 17.7 Å². The quantitative estimate of drug-likeness (QED) is 0.131. The Labute approximate surface area is 203 Å². The number of halogens is 5. The Kier molecular flexibility index (Phi) is 8.11. The van der Waals surface area contributed by atoms with Gasteiger partial charge in [0.05, 0.1) is 17.7 Å². The second-order valence-corrected chi connectivity index (χ2v) is 8.38. The van der Waals surface area contributed by atoms with Crippen molar-refractivity contribution in [2.24, 2.45) is 12.2 Å². The molecule has 0 bridgehead atoms. The number of Topliss-reactive ketones (excluding diaryl/α,β-unsaturated/α-hetero) is 1. The zero-order valence-corrected chi connectivity index (χ0v) is 19.3. The van der Waals surface area contributed by atoms with E-state index in [0.29, 0.717) is 21.7 Å². The molecule has 0 aliphatic carbocycles. The fourth-order valence-electron chi connectivity index (χ4n) is 3.70. The molecule has 1 unspecified atom stereocenters. The van der Waals surface area contributed by atoms with Gasteiger partial charge in [0.25, 0.3) is 0 Å². The summed E-state index contributed by atoms with van der Waals surface area (Å²) in [7, 11) is 1.54. The summed E-state index contributed by atoms with van der Waals surface area (Å²) in [6.45, 7) is 0. The summed E-state index contributed by atoms with van der Waals surface area (Å²) in [4.78, 5) is 23.9. The molecular weight excluding hydrogens is 488 g/mol. The van der Waals surface area contributed by atoms with E-state index in [4.69, 9.17) is 11.6 Å². The van der Waals surface area contributed by atoms with Crippen LogP contribution in [0.3, 0.4) is 0 Å². The third-order valence-electron chi connectivity index (χ3n) is 5.55. The van der Waals surface area contributed by atoms with Crippen LogP contribution in [0, 0.1) is 5.82 Å². The number of alkyl halides is 3. The van der Waals surface area contributed by atoms with Gasteiger partial charge < -0.3 is 9.77 Å². The first-order valence-electron chi connectivity index (χ1n) is 10.5. The van der Waals surface area contributed by atoms with Gasteiger partial charge in [-0.3, -0.25) is 9.59 Å². The Morgan fingerprint density at radius 2 is 1.86 bits per heavy atom. The van der Waals surface area contributed by atoms with E-state index in [0.717, 1.165) is 12.1 Å². The minimum Gasteiger partial charge on any atom is -0.411 e. The fraction of sp³-hybridized carbons (Fsp3) is 0.240. The molecule has 3 aromatic rings. The average molecular weight is 509 g/mol. The van der Waals surface area contributed by atoms with Crippen LogP contribution in [0.25, 0.3) is 0 Å². The SMILES string of the molecule is Cn1cc(/C(CC(c2ccc(C(=O)CCC(F)(F)F)c(F)c2)c2ccccc2Cl)=N/O)ccc1=O. The van der Waals surface area contributed by atoms with Crippen molar-refractivity contribution >= 4 is 23.1 Å². The van der Waals surface area contributed by atoms with Gasteiger partial charge in [-0.05, 0) is 35.4 Å². The fourth-order valence-corrected chi connectivity index (χ4v) is 3.97. The number of nitrogens with zero attached hydrogens (tertiary/aromatic N) is 2. The van der Waals surface area contributed by atoms with Gasteiger partial charge in [-0.15, -0.1) is 0 Å². The lowest BCUT2D eigenvalue weighted by Crippen LogP contribution is -2.18. The molecule has 0 fully saturated rings. The van der Waals surface area contributed by atoms with Crippen LogP contribution < -0.4 is 5.56 Å². The summed E-state index contributed by atoms with van der Waals surface area (Å²) in [5.41, 5.74) is 0.888. The predicted molar refractivity (Wildman–Crippen MR) is 124 cm³/mol. The lowest BCUT2D eigenvalue weighted by Gasteiger charge is -2.21. The molecule has 0 aliphatic rings. The maximum Gasteiger partial charge on any atom is 0.389 e. The first kappa shape index (κ1) is 26.2. The Hall–Kier alpha value is -3.46. The number of ketones is 1. The van der Waals surface area contributed by atoms with E-state index in [2.05, 4.69) is 5.16 Å². The first-order chi connectivity index (χ1) is 16.5. The molecule has 0 saturated carbocycles. The summed E-state index contributed by atoms with van der Waals surface area (Å²) >= 11 is 6.39. The Morgan fingerprint density at radius 3 is 2.46 bits per heavy atom. The van der Waals surface area contributed by atoms with Gasteiger partial charge >= 0.3 is 6.18 Å². The van der Waals surface area contributed by atoms with Gasteiger partial charge in [0.1, 0.15) is 5.82 Å². The van der Waals surface area contributed by atoms with Crippen LogP contribution in [-0.2, 0) is 7.05 Å². The number of pyridine rings is 1. The molecule has 1 atom stereocenters. The molecule has 0 radical (unpaired) electrons. The number of aryl methyl sites for hydroxylation is 1. The highest BCUT2D eigenvalue weighted by Gasteiger charge is 2.29. The second kappa shape index (κ2) is 10.9. The van der Waals surface area contributed by atoms with E-state index >= 15 is 0 Å². The molecule has 1 N–H and O–H groups in total. The van der Waals surface area contributed by atoms with Crippen LogP contribution in [-0.4, -0.2) is 27.4 Å². The molecule has 0 amide bonds. The van der Waals surface area contributed by atoms with E-state index in [1.807, 2.05) is 0 Å². The Morgan fingerprint density at radius 1 is 1.14 bits per heavy atom. The van der Waals surface area contributed by atoms with Crippen LogP contribution >= 0.6 is 11.6 Å². The lowest BCUT2D eigenvalue weighted by atomic mass is 9.85. The number of carbonyl (C=O) groups is 1. The Bertz CT molecular complexity index is 1320. The number of aromatic nitrogens is 1. The summed E-state index contributed by atoms with van der Waals surface area (Å²) in [6, 6.07) is 13.2. The molecule has 0 spiro atoms. The maximum absolute atomic E-state index is 14.9. The van der Waals surface area contributed by atoms with Crippen molar-refractivity contribution in [3.8, 4) is 0 Å². The van der Waals surface area contributed by atoms with Crippen molar-refractivity contribution < 1.29 is 27.6 Å². The highest BCUT2D eigenvalue weighted by atomic mass is 35.5. The third-order valence-corrected chi connectivity index (χ3v) is 5.89. The molecule has 1 heterocycles. The molecule has 1 aromatic heterocycles.